The Morgan fingerprint density at radius 3 is 2.24 bits per heavy atom. The fraction of sp³-hybridized carbons (Fsp3) is 0.235. The van der Waals surface area contributed by atoms with E-state index in [1.165, 1.54) is 0 Å². The highest BCUT2D eigenvalue weighted by atomic mass is 127. The maximum Gasteiger partial charge on any atom is 0.255 e. The van der Waals surface area contributed by atoms with E-state index >= 15 is 0 Å². The molecule has 3 nitrogen and oxygen atoms in total. The Morgan fingerprint density at radius 1 is 1.05 bits per heavy atom. The molecule has 0 aliphatic rings. The fourth-order valence-corrected chi connectivity index (χ4v) is 2.69. The molecule has 0 saturated carbocycles. The first-order valence-electron chi connectivity index (χ1n) is 7.06. The lowest BCUT2D eigenvalue weighted by atomic mass is 10.1. The van der Waals surface area contributed by atoms with Crippen molar-refractivity contribution in [2.24, 2.45) is 0 Å². The van der Waals surface area contributed by atoms with Crippen LogP contribution in [0.15, 0.2) is 48.5 Å². The number of halogens is 1. The lowest BCUT2D eigenvalue weighted by Gasteiger charge is -2.21. The lowest BCUT2D eigenvalue weighted by molar-refractivity contribution is 0.102. The van der Waals surface area contributed by atoms with Crippen LogP contribution in [0, 0.1) is 3.57 Å². The van der Waals surface area contributed by atoms with E-state index in [-0.39, 0.29) is 5.91 Å². The number of carbonyl (C=O) groups excluding carboxylic acids is 1. The number of hydrogen-bond acceptors (Lipinski definition) is 2. The maximum atomic E-state index is 12.3. The Morgan fingerprint density at radius 2 is 1.67 bits per heavy atom. The highest BCUT2D eigenvalue weighted by molar-refractivity contribution is 14.1. The molecule has 0 saturated heterocycles. The van der Waals surface area contributed by atoms with Crippen LogP contribution in [0.4, 0.5) is 11.4 Å². The minimum Gasteiger partial charge on any atom is -0.372 e. The van der Waals surface area contributed by atoms with Crippen LogP contribution in [-0.2, 0) is 0 Å². The monoisotopic (exact) mass is 394 g/mol. The molecule has 4 heteroatoms. The highest BCUT2D eigenvalue weighted by Crippen LogP contribution is 2.19. The van der Waals surface area contributed by atoms with E-state index in [0.717, 1.165) is 28.0 Å². The molecule has 0 aromatic heterocycles. The number of amides is 1. The summed E-state index contributed by atoms with van der Waals surface area (Å²) in [5.74, 6) is -0.0785. The quantitative estimate of drug-likeness (QED) is 0.763. The van der Waals surface area contributed by atoms with Gasteiger partial charge in [0.2, 0.25) is 0 Å². The Hall–Kier alpha value is -1.56. The first-order valence-corrected chi connectivity index (χ1v) is 8.14. The van der Waals surface area contributed by atoms with E-state index in [2.05, 4.69) is 46.7 Å². The highest BCUT2D eigenvalue weighted by Gasteiger charge is 2.09. The zero-order chi connectivity index (χ0) is 15.2. The summed E-state index contributed by atoms with van der Waals surface area (Å²) in [6.45, 7) is 6.18. The van der Waals surface area contributed by atoms with Gasteiger partial charge in [0.05, 0.1) is 5.69 Å². The van der Waals surface area contributed by atoms with Crippen molar-refractivity contribution in [3.05, 3.63) is 57.7 Å². The van der Waals surface area contributed by atoms with E-state index in [4.69, 9.17) is 0 Å². The molecule has 0 heterocycles. The number of carbonyl (C=O) groups is 1. The number of rotatable bonds is 5. The van der Waals surface area contributed by atoms with Crippen LogP contribution in [0.25, 0.3) is 0 Å². The maximum absolute atomic E-state index is 12.3. The largest absolute Gasteiger partial charge is 0.372 e. The smallest absolute Gasteiger partial charge is 0.255 e. The van der Waals surface area contributed by atoms with Crippen molar-refractivity contribution in [1.29, 1.82) is 0 Å². The molecule has 110 valence electrons. The van der Waals surface area contributed by atoms with Gasteiger partial charge in [-0.2, -0.15) is 0 Å². The first kappa shape index (κ1) is 15.8. The molecular weight excluding hydrogens is 375 g/mol. The van der Waals surface area contributed by atoms with Crippen molar-refractivity contribution >= 4 is 39.9 Å². The number of benzene rings is 2. The van der Waals surface area contributed by atoms with Crippen molar-refractivity contribution in [2.45, 2.75) is 13.8 Å². The summed E-state index contributed by atoms with van der Waals surface area (Å²) in [4.78, 5) is 14.5. The second-order valence-electron chi connectivity index (χ2n) is 4.65. The van der Waals surface area contributed by atoms with Crippen LogP contribution in [-0.4, -0.2) is 19.0 Å². The third-order valence-corrected chi connectivity index (χ3v) is 4.32. The van der Waals surface area contributed by atoms with Crippen molar-refractivity contribution in [3.8, 4) is 0 Å². The number of nitrogens with zero attached hydrogens (tertiary/aromatic N) is 1. The van der Waals surface area contributed by atoms with E-state index in [1.54, 1.807) is 0 Å². The van der Waals surface area contributed by atoms with Gasteiger partial charge in [-0.3, -0.25) is 4.79 Å². The van der Waals surface area contributed by atoms with E-state index in [0.29, 0.717) is 5.56 Å². The standard InChI is InChI=1S/C17H19IN2O/c1-3-20(4-2)14-11-9-13(10-12-14)17(21)19-16-8-6-5-7-15(16)18/h5-12H,3-4H2,1-2H3,(H,19,21). The van der Waals surface area contributed by atoms with Crippen molar-refractivity contribution in [3.63, 3.8) is 0 Å². The van der Waals surface area contributed by atoms with Crippen molar-refractivity contribution in [2.75, 3.05) is 23.3 Å². The molecule has 0 atom stereocenters. The fourth-order valence-electron chi connectivity index (χ4n) is 2.17. The average molecular weight is 394 g/mol. The third kappa shape index (κ3) is 3.97. The minimum absolute atomic E-state index is 0.0785. The van der Waals surface area contributed by atoms with Gasteiger partial charge >= 0.3 is 0 Å². The second-order valence-corrected chi connectivity index (χ2v) is 5.82. The van der Waals surface area contributed by atoms with Gasteiger partial charge in [0.15, 0.2) is 0 Å². The molecule has 2 aromatic rings. The van der Waals surface area contributed by atoms with Crippen LogP contribution < -0.4 is 10.2 Å². The van der Waals surface area contributed by atoms with E-state index in [1.807, 2.05) is 48.5 Å². The van der Waals surface area contributed by atoms with Gasteiger partial charge in [0.25, 0.3) is 5.91 Å². The number of nitrogens with one attached hydrogen (secondary N) is 1. The molecule has 0 unspecified atom stereocenters. The zero-order valence-electron chi connectivity index (χ0n) is 12.3. The Balaban J connectivity index is 2.12. The van der Waals surface area contributed by atoms with Crippen LogP contribution in [0.2, 0.25) is 0 Å². The van der Waals surface area contributed by atoms with Gasteiger partial charge in [-0.15, -0.1) is 0 Å². The molecule has 1 amide bonds. The molecule has 0 radical (unpaired) electrons. The molecule has 0 spiro atoms. The van der Waals surface area contributed by atoms with E-state index < -0.39 is 0 Å². The molecule has 21 heavy (non-hydrogen) atoms. The van der Waals surface area contributed by atoms with Gasteiger partial charge in [-0.1, -0.05) is 12.1 Å². The number of para-hydroxylation sites is 1. The molecule has 2 rings (SSSR count). The predicted molar refractivity (Wildman–Crippen MR) is 97.1 cm³/mol. The summed E-state index contributed by atoms with van der Waals surface area (Å²) in [5.41, 5.74) is 2.66. The second kappa shape index (κ2) is 7.45. The summed E-state index contributed by atoms with van der Waals surface area (Å²) >= 11 is 2.22. The molecule has 0 fully saturated rings. The minimum atomic E-state index is -0.0785. The third-order valence-electron chi connectivity index (χ3n) is 3.38. The van der Waals surface area contributed by atoms with Crippen LogP contribution in [0.5, 0.6) is 0 Å². The summed E-state index contributed by atoms with van der Waals surface area (Å²) in [6, 6.07) is 15.5. The van der Waals surface area contributed by atoms with Gasteiger partial charge in [-0.05, 0) is 72.8 Å². The van der Waals surface area contributed by atoms with Crippen molar-refractivity contribution in [1.82, 2.24) is 0 Å². The Labute approximate surface area is 139 Å². The average Bonchev–Trinajstić information content (AvgIpc) is 2.51. The molecular formula is C17H19IN2O. The van der Waals surface area contributed by atoms with Gasteiger partial charge in [0, 0.05) is 27.9 Å². The molecule has 2 aromatic carbocycles. The van der Waals surface area contributed by atoms with Crippen LogP contribution >= 0.6 is 22.6 Å². The Bertz CT molecular complexity index is 606. The van der Waals surface area contributed by atoms with Gasteiger partial charge in [-0.25, -0.2) is 0 Å². The SMILES string of the molecule is CCN(CC)c1ccc(C(=O)Nc2ccccc2I)cc1. The normalized spacial score (nSPS) is 10.2. The van der Waals surface area contributed by atoms with Crippen LogP contribution in [0.1, 0.15) is 24.2 Å². The lowest BCUT2D eigenvalue weighted by Crippen LogP contribution is -2.21. The number of anilines is 2. The molecule has 0 bridgehead atoms. The number of hydrogen-bond donors (Lipinski definition) is 1. The predicted octanol–water partition coefficient (Wildman–Crippen LogP) is 4.39. The molecule has 1 N–H and O–H groups in total. The first-order chi connectivity index (χ1) is 10.2. The molecule has 0 aliphatic heterocycles. The van der Waals surface area contributed by atoms with Crippen molar-refractivity contribution < 1.29 is 4.79 Å². The summed E-state index contributed by atoms with van der Waals surface area (Å²) in [7, 11) is 0. The van der Waals surface area contributed by atoms with Gasteiger partial charge in [0.1, 0.15) is 0 Å². The summed E-state index contributed by atoms with van der Waals surface area (Å²) < 4.78 is 1.03. The van der Waals surface area contributed by atoms with Crippen LogP contribution in [0.3, 0.4) is 0 Å². The zero-order valence-corrected chi connectivity index (χ0v) is 14.4. The van der Waals surface area contributed by atoms with E-state index in [9.17, 15) is 4.79 Å². The topological polar surface area (TPSA) is 32.3 Å². The molecule has 0 aliphatic carbocycles. The summed E-state index contributed by atoms with van der Waals surface area (Å²) in [6.07, 6.45) is 0. The Kier molecular flexibility index (Phi) is 5.61. The summed E-state index contributed by atoms with van der Waals surface area (Å²) in [5, 5.41) is 2.94. The van der Waals surface area contributed by atoms with Gasteiger partial charge < -0.3 is 10.2 Å².